The molecule has 0 spiro atoms. The molecule has 5 heteroatoms. The van der Waals surface area contributed by atoms with Crippen LogP contribution in [0.4, 0.5) is 10.1 Å². The van der Waals surface area contributed by atoms with Crippen molar-refractivity contribution in [1.29, 1.82) is 5.26 Å². The first-order valence-corrected chi connectivity index (χ1v) is 6.25. The number of rotatable bonds is 4. The molecule has 2 aromatic rings. The Labute approximate surface area is 121 Å². The Hall–Kier alpha value is -2.87. The number of hydrogen-bond acceptors (Lipinski definition) is 4. The van der Waals surface area contributed by atoms with E-state index in [9.17, 15) is 9.18 Å². The van der Waals surface area contributed by atoms with Gasteiger partial charge in [-0.2, -0.15) is 5.26 Å². The highest BCUT2D eigenvalue weighted by Gasteiger charge is 2.11. The molecular weight excluding hydrogens is 271 g/mol. The van der Waals surface area contributed by atoms with E-state index in [1.54, 1.807) is 24.3 Å². The molecule has 0 bridgehead atoms. The Bertz CT molecular complexity index is 708. The Balaban J connectivity index is 2.22. The van der Waals surface area contributed by atoms with Crippen molar-refractivity contribution in [1.82, 2.24) is 0 Å². The molecule has 1 N–H and O–H groups in total. The monoisotopic (exact) mass is 284 g/mol. The minimum absolute atomic E-state index is 0.213. The van der Waals surface area contributed by atoms with Gasteiger partial charge in [0.25, 0.3) is 0 Å². The number of carbonyl (C=O) groups is 1. The quantitative estimate of drug-likeness (QED) is 0.876. The summed E-state index contributed by atoms with van der Waals surface area (Å²) in [6.07, 6.45) is 0. The zero-order valence-electron chi connectivity index (χ0n) is 11.4. The number of esters is 1. The molecule has 4 nitrogen and oxygen atoms in total. The van der Waals surface area contributed by atoms with E-state index in [1.807, 2.05) is 6.07 Å². The molecule has 0 saturated carbocycles. The number of nitrogens with one attached hydrogen (secondary N) is 1. The van der Waals surface area contributed by atoms with Gasteiger partial charge in [0.15, 0.2) is 0 Å². The Kier molecular flexibility index (Phi) is 4.52. The number of nitriles is 1. The summed E-state index contributed by atoms with van der Waals surface area (Å²) in [4.78, 5) is 11.7. The molecular formula is C16H13FN2O2. The maximum absolute atomic E-state index is 13.1. The molecule has 2 rings (SSSR count). The van der Waals surface area contributed by atoms with Gasteiger partial charge in [0.1, 0.15) is 11.9 Å². The van der Waals surface area contributed by atoms with Gasteiger partial charge < -0.3 is 10.1 Å². The van der Waals surface area contributed by atoms with E-state index in [-0.39, 0.29) is 5.56 Å². The third kappa shape index (κ3) is 3.37. The van der Waals surface area contributed by atoms with Crippen LogP contribution >= 0.6 is 0 Å². The standard InChI is InChI=1S/C16H13FN2O2/c1-21-16(20)14-5-3-2-4-11(14)10-19-15-7-6-13(17)8-12(15)9-18/h2-8,19H,10H2,1H3. The van der Waals surface area contributed by atoms with Crippen LogP contribution in [-0.2, 0) is 11.3 Å². The second kappa shape index (κ2) is 6.53. The lowest BCUT2D eigenvalue weighted by atomic mass is 10.1. The number of hydrogen-bond donors (Lipinski definition) is 1. The summed E-state index contributed by atoms with van der Waals surface area (Å²) in [5.74, 6) is -0.890. The summed E-state index contributed by atoms with van der Waals surface area (Å²) in [7, 11) is 1.32. The molecule has 0 heterocycles. The molecule has 0 aliphatic carbocycles. The summed E-state index contributed by atoms with van der Waals surface area (Å²) >= 11 is 0. The highest BCUT2D eigenvalue weighted by molar-refractivity contribution is 5.91. The largest absolute Gasteiger partial charge is 0.465 e. The highest BCUT2D eigenvalue weighted by atomic mass is 19.1. The first kappa shape index (κ1) is 14.5. The van der Waals surface area contributed by atoms with E-state index >= 15 is 0 Å². The van der Waals surface area contributed by atoms with E-state index in [0.29, 0.717) is 17.8 Å². The van der Waals surface area contributed by atoms with E-state index in [4.69, 9.17) is 10.00 Å². The predicted molar refractivity (Wildman–Crippen MR) is 76.2 cm³/mol. The molecule has 0 unspecified atom stereocenters. The second-order valence-corrected chi connectivity index (χ2v) is 4.30. The van der Waals surface area contributed by atoms with Crippen molar-refractivity contribution < 1.29 is 13.9 Å². The van der Waals surface area contributed by atoms with E-state index in [0.717, 1.165) is 11.6 Å². The fraction of sp³-hybridized carbons (Fsp3) is 0.125. The topological polar surface area (TPSA) is 62.1 Å². The Morgan fingerprint density at radius 2 is 2.10 bits per heavy atom. The van der Waals surface area contributed by atoms with Crippen LogP contribution in [0.2, 0.25) is 0 Å². The van der Waals surface area contributed by atoms with Gasteiger partial charge in [-0.05, 0) is 29.8 Å². The molecule has 0 radical (unpaired) electrons. The fourth-order valence-corrected chi connectivity index (χ4v) is 1.94. The van der Waals surface area contributed by atoms with Gasteiger partial charge in [-0.25, -0.2) is 9.18 Å². The molecule has 106 valence electrons. The number of halogens is 1. The van der Waals surface area contributed by atoms with Crippen LogP contribution < -0.4 is 5.32 Å². The minimum Gasteiger partial charge on any atom is -0.465 e. The zero-order chi connectivity index (χ0) is 15.2. The molecule has 0 fully saturated rings. The number of carbonyl (C=O) groups excluding carboxylic acids is 1. The maximum Gasteiger partial charge on any atom is 0.338 e. The highest BCUT2D eigenvalue weighted by Crippen LogP contribution is 2.18. The van der Waals surface area contributed by atoms with Gasteiger partial charge >= 0.3 is 5.97 Å². The number of nitrogens with zero attached hydrogens (tertiary/aromatic N) is 1. The minimum atomic E-state index is -0.466. The Morgan fingerprint density at radius 1 is 1.33 bits per heavy atom. The van der Waals surface area contributed by atoms with Crippen molar-refractivity contribution in [2.45, 2.75) is 6.54 Å². The summed E-state index contributed by atoms with van der Waals surface area (Å²) in [6, 6.07) is 12.9. The van der Waals surface area contributed by atoms with E-state index < -0.39 is 11.8 Å². The molecule has 21 heavy (non-hydrogen) atoms. The summed E-state index contributed by atoms with van der Waals surface area (Å²) in [5.41, 5.74) is 1.91. The third-order valence-electron chi connectivity index (χ3n) is 2.99. The van der Waals surface area contributed by atoms with Gasteiger partial charge in [0.2, 0.25) is 0 Å². The normalized spacial score (nSPS) is 9.76. The SMILES string of the molecule is COC(=O)c1ccccc1CNc1ccc(F)cc1C#N. The molecule has 0 saturated heterocycles. The van der Waals surface area contributed by atoms with Crippen molar-refractivity contribution >= 4 is 11.7 Å². The van der Waals surface area contributed by atoms with Gasteiger partial charge in [-0.15, -0.1) is 0 Å². The van der Waals surface area contributed by atoms with E-state index in [1.165, 1.54) is 19.2 Å². The smallest absolute Gasteiger partial charge is 0.338 e. The summed E-state index contributed by atoms with van der Waals surface area (Å²) in [6.45, 7) is 0.325. The number of methoxy groups -OCH3 is 1. The van der Waals surface area contributed by atoms with Crippen molar-refractivity contribution in [3.63, 3.8) is 0 Å². The molecule has 0 aliphatic rings. The zero-order valence-corrected chi connectivity index (χ0v) is 11.4. The number of ether oxygens (including phenoxy) is 1. The Morgan fingerprint density at radius 3 is 2.81 bits per heavy atom. The lowest BCUT2D eigenvalue weighted by molar-refractivity contribution is 0.0599. The van der Waals surface area contributed by atoms with Gasteiger partial charge in [0.05, 0.1) is 23.9 Å². The van der Waals surface area contributed by atoms with Gasteiger partial charge in [0, 0.05) is 6.54 Å². The molecule has 2 aromatic carbocycles. The first-order valence-electron chi connectivity index (χ1n) is 6.25. The number of benzene rings is 2. The lowest BCUT2D eigenvalue weighted by Crippen LogP contribution is -2.09. The second-order valence-electron chi connectivity index (χ2n) is 4.30. The van der Waals surface area contributed by atoms with Crippen molar-refractivity contribution in [3.05, 3.63) is 65.0 Å². The number of anilines is 1. The van der Waals surface area contributed by atoms with Gasteiger partial charge in [-0.3, -0.25) is 0 Å². The average molecular weight is 284 g/mol. The van der Waals surface area contributed by atoms with Crippen LogP contribution in [0.25, 0.3) is 0 Å². The summed E-state index contributed by atoms with van der Waals surface area (Å²) in [5, 5.41) is 12.0. The van der Waals surface area contributed by atoms with Crippen LogP contribution in [0.1, 0.15) is 21.5 Å². The van der Waals surface area contributed by atoms with E-state index in [2.05, 4.69) is 5.32 Å². The maximum atomic E-state index is 13.1. The van der Waals surface area contributed by atoms with Crippen LogP contribution in [-0.4, -0.2) is 13.1 Å². The third-order valence-corrected chi connectivity index (χ3v) is 2.99. The van der Waals surface area contributed by atoms with Crippen molar-refractivity contribution in [2.24, 2.45) is 0 Å². The molecule has 0 amide bonds. The molecule has 0 atom stereocenters. The van der Waals surface area contributed by atoms with Crippen LogP contribution in [0, 0.1) is 17.1 Å². The predicted octanol–water partition coefficient (Wildman–Crippen LogP) is 3.10. The van der Waals surface area contributed by atoms with Crippen molar-refractivity contribution in [3.8, 4) is 6.07 Å². The molecule has 0 aliphatic heterocycles. The average Bonchev–Trinajstić information content (AvgIpc) is 2.53. The van der Waals surface area contributed by atoms with Crippen LogP contribution in [0.15, 0.2) is 42.5 Å². The van der Waals surface area contributed by atoms with Crippen LogP contribution in [0.5, 0.6) is 0 Å². The van der Waals surface area contributed by atoms with Crippen molar-refractivity contribution in [2.75, 3.05) is 12.4 Å². The fourth-order valence-electron chi connectivity index (χ4n) is 1.94. The van der Waals surface area contributed by atoms with Gasteiger partial charge in [-0.1, -0.05) is 18.2 Å². The molecule has 0 aromatic heterocycles. The summed E-state index contributed by atoms with van der Waals surface area (Å²) < 4.78 is 17.8. The first-order chi connectivity index (χ1) is 10.2. The van der Waals surface area contributed by atoms with Crippen LogP contribution in [0.3, 0.4) is 0 Å². The lowest BCUT2D eigenvalue weighted by Gasteiger charge is -2.11.